The molecule has 0 saturated carbocycles. The molecule has 186 valence electrons. The summed E-state index contributed by atoms with van der Waals surface area (Å²) in [6.45, 7) is 5.37. The van der Waals surface area contributed by atoms with E-state index in [-0.39, 0.29) is 16.0 Å². The summed E-state index contributed by atoms with van der Waals surface area (Å²) >= 11 is 0. The summed E-state index contributed by atoms with van der Waals surface area (Å²) in [5, 5.41) is 20.0. The molecule has 0 fully saturated rings. The first kappa shape index (κ1) is 24.1. The summed E-state index contributed by atoms with van der Waals surface area (Å²) in [6, 6.07) is 14.4. The molecule has 0 atom stereocenters. The molecule has 2 heterocycles. The number of fused-ring (bicyclic) bond motifs is 1. The molecule has 0 saturated heterocycles. The summed E-state index contributed by atoms with van der Waals surface area (Å²) in [5.74, 6) is 0.188. The second kappa shape index (κ2) is 9.15. The molecule has 0 bridgehead atoms. The average molecular weight is 504 g/mol. The van der Waals surface area contributed by atoms with E-state index in [0.29, 0.717) is 5.56 Å². The van der Waals surface area contributed by atoms with Crippen LogP contribution in [0, 0.1) is 0 Å². The van der Waals surface area contributed by atoms with Gasteiger partial charge in [-0.05, 0) is 86.1 Å². The van der Waals surface area contributed by atoms with Crippen LogP contribution in [0.5, 0.6) is 0 Å². The van der Waals surface area contributed by atoms with Crippen molar-refractivity contribution >= 4 is 21.5 Å². The number of pyridine rings is 1. The maximum absolute atomic E-state index is 13.2. The van der Waals surface area contributed by atoms with Gasteiger partial charge in [-0.25, -0.2) is 13.5 Å². The van der Waals surface area contributed by atoms with Gasteiger partial charge in [0.2, 0.25) is 20.9 Å². The summed E-state index contributed by atoms with van der Waals surface area (Å²) in [6.07, 6.45) is 5.65. The summed E-state index contributed by atoms with van der Waals surface area (Å²) in [4.78, 5) is 8.78. The number of sulfone groups is 1. The lowest BCUT2D eigenvalue weighted by atomic mass is 9.97. The van der Waals surface area contributed by atoms with Gasteiger partial charge >= 0.3 is 0 Å². The van der Waals surface area contributed by atoms with Crippen molar-refractivity contribution in [1.82, 2.24) is 20.2 Å². The quantitative estimate of drug-likeness (QED) is 0.334. The largest absolute Gasteiger partial charge is 0.386 e. The fourth-order valence-electron chi connectivity index (χ4n) is 4.58. The van der Waals surface area contributed by atoms with Crippen molar-refractivity contribution in [2.75, 3.05) is 5.32 Å². The Kier molecular flexibility index (Phi) is 6.13. The van der Waals surface area contributed by atoms with Crippen LogP contribution in [0.25, 0.3) is 11.1 Å². The van der Waals surface area contributed by atoms with Gasteiger partial charge in [0.25, 0.3) is 0 Å². The number of aromatic amines is 1. The third kappa shape index (κ3) is 4.52. The Balaban J connectivity index is 1.49. The van der Waals surface area contributed by atoms with Gasteiger partial charge in [0.05, 0.1) is 16.2 Å². The van der Waals surface area contributed by atoms with Gasteiger partial charge in [-0.15, -0.1) is 5.10 Å². The molecule has 5 rings (SSSR count). The molecular weight excluding hydrogens is 474 g/mol. The van der Waals surface area contributed by atoms with Crippen molar-refractivity contribution in [3.05, 3.63) is 77.1 Å². The standard InChI is InChI=1S/C27H29N5O3S/c1-4-20-16-18(14-15-28-20)23-13-8-17-6-5-7-22(17)24(23)29-25-30-26(32-31-25)36(34,35)21-11-9-19(10-12-21)27(2,3)33/h8-16,33H,4-7H2,1-3H3,(H2,29,30,31,32). The van der Waals surface area contributed by atoms with Crippen LogP contribution < -0.4 is 5.32 Å². The SMILES string of the molecule is CCc1cc(-c2ccc3c(c2Nc2n[nH]c(S(=O)(=O)c4ccc(C(C)(C)O)cc4)n2)CCC3)ccn1. The molecule has 0 radical (unpaired) electrons. The van der Waals surface area contributed by atoms with Gasteiger partial charge in [0.1, 0.15) is 0 Å². The average Bonchev–Trinajstić information content (AvgIpc) is 3.54. The van der Waals surface area contributed by atoms with E-state index in [1.54, 1.807) is 26.0 Å². The van der Waals surface area contributed by atoms with E-state index in [4.69, 9.17) is 0 Å². The number of benzene rings is 2. The molecular formula is C27H29N5O3S. The molecule has 1 aliphatic rings. The molecule has 9 heteroatoms. The number of aliphatic hydroxyl groups is 1. The minimum absolute atomic E-state index is 0.0726. The van der Waals surface area contributed by atoms with E-state index >= 15 is 0 Å². The second-order valence-corrected chi connectivity index (χ2v) is 11.4. The van der Waals surface area contributed by atoms with Crippen molar-refractivity contribution in [1.29, 1.82) is 0 Å². The van der Waals surface area contributed by atoms with Crippen LogP contribution >= 0.6 is 0 Å². The van der Waals surface area contributed by atoms with Crippen molar-refractivity contribution in [2.24, 2.45) is 0 Å². The Hall–Kier alpha value is -3.56. The number of aromatic nitrogens is 4. The Labute approximate surface area is 210 Å². The van der Waals surface area contributed by atoms with Crippen molar-refractivity contribution in [3.63, 3.8) is 0 Å². The number of H-pyrrole nitrogens is 1. The highest BCUT2D eigenvalue weighted by Crippen LogP contribution is 2.39. The van der Waals surface area contributed by atoms with Crippen LogP contribution in [0.15, 0.2) is 64.8 Å². The summed E-state index contributed by atoms with van der Waals surface area (Å²) < 4.78 is 26.4. The lowest BCUT2D eigenvalue weighted by Crippen LogP contribution is -2.15. The summed E-state index contributed by atoms with van der Waals surface area (Å²) in [5.41, 5.74) is 5.98. The normalized spacial score (nSPS) is 13.6. The van der Waals surface area contributed by atoms with Crippen molar-refractivity contribution < 1.29 is 13.5 Å². The Bertz CT molecular complexity index is 1520. The molecule has 0 unspecified atom stereocenters. The summed E-state index contributed by atoms with van der Waals surface area (Å²) in [7, 11) is -3.91. The van der Waals surface area contributed by atoms with E-state index < -0.39 is 15.4 Å². The number of aryl methyl sites for hydroxylation is 2. The van der Waals surface area contributed by atoms with Gasteiger partial charge in [0.15, 0.2) is 0 Å². The molecule has 0 spiro atoms. The highest BCUT2D eigenvalue weighted by atomic mass is 32.2. The lowest BCUT2D eigenvalue weighted by Gasteiger charge is -2.17. The molecule has 4 aromatic rings. The maximum atomic E-state index is 13.2. The molecule has 3 N–H and O–H groups in total. The molecule has 2 aromatic heterocycles. The Morgan fingerprint density at radius 2 is 1.86 bits per heavy atom. The van der Waals surface area contributed by atoms with Crippen LogP contribution in [0.1, 0.15) is 49.6 Å². The zero-order valence-electron chi connectivity index (χ0n) is 20.5. The van der Waals surface area contributed by atoms with Crippen LogP contribution in [0.3, 0.4) is 0 Å². The monoisotopic (exact) mass is 503 g/mol. The second-order valence-electron chi connectivity index (χ2n) is 9.54. The smallest absolute Gasteiger partial charge is 0.249 e. The minimum Gasteiger partial charge on any atom is -0.386 e. The molecule has 2 aromatic carbocycles. The predicted octanol–water partition coefficient (Wildman–Crippen LogP) is 4.72. The van der Waals surface area contributed by atoms with Crippen LogP contribution in [0.2, 0.25) is 0 Å². The van der Waals surface area contributed by atoms with E-state index in [2.05, 4.69) is 50.6 Å². The van der Waals surface area contributed by atoms with E-state index in [1.165, 1.54) is 23.3 Å². The van der Waals surface area contributed by atoms with E-state index in [0.717, 1.165) is 48.2 Å². The van der Waals surface area contributed by atoms with Gasteiger partial charge < -0.3 is 10.4 Å². The van der Waals surface area contributed by atoms with E-state index in [1.807, 2.05) is 12.3 Å². The number of anilines is 2. The molecule has 0 amide bonds. The fraction of sp³-hybridized carbons (Fsp3) is 0.296. The zero-order valence-corrected chi connectivity index (χ0v) is 21.4. The maximum Gasteiger partial charge on any atom is 0.249 e. The highest BCUT2D eigenvalue weighted by Gasteiger charge is 2.25. The van der Waals surface area contributed by atoms with Crippen molar-refractivity contribution in [2.45, 2.75) is 62.1 Å². The Morgan fingerprint density at radius 1 is 1.08 bits per heavy atom. The van der Waals surface area contributed by atoms with E-state index in [9.17, 15) is 13.5 Å². The van der Waals surface area contributed by atoms with Gasteiger partial charge in [-0.1, -0.05) is 31.2 Å². The van der Waals surface area contributed by atoms with Crippen LogP contribution in [-0.2, 0) is 34.7 Å². The number of nitrogens with one attached hydrogen (secondary N) is 2. The number of hydrogen-bond donors (Lipinski definition) is 3. The molecule has 0 aliphatic heterocycles. The first-order valence-electron chi connectivity index (χ1n) is 12.0. The number of hydrogen-bond acceptors (Lipinski definition) is 7. The minimum atomic E-state index is -3.91. The van der Waals surface area contributed by atoms with Gasteiger partial charge in [0, 0.05) is 17.5 Å². The molecule has 36 heavy (non-hydrogen) atoms. The Morgan fingerprint density at radius 3 is 2.58 bits per heavy atom. The number of nitrogens with zero attached hydrogens (tertiary/aromatic N) is 3. The third-order valence-electron chi connectivity index (χ3n) is 6.60. The lowest BCUT2D eigenvalue weighted by molar-refractivity contribution is 0.0785. The fourth-order valence-corrected chi connectivity index (χ4v) is 5.67. The van der Waals surface area contributed by atoms with Gasteiger partial charge in [-0.3, -0.25) is 4.98 Å². The third-order valence-corrected chi connectivity index (χ3v) is 8.18. The number of rotatable bonds is 7. The van der Waals surface area contributed by atoms with Crippen molar-refractivity contribution in [3.8, 4) is 11.1 Å². The topological polar surface area (TPSA) is 121 Å². The van der Waals surface area contributed by atoms with Crippen LogP contribution in [0.4, 0.5) is 11.6 Å². The highest BCUT2D eigenvalue weighted by molar-refractivity contribution is 7.91. The van der Waals surface area contributed by atoms with Gasteiger partial charge in [-0.2, -0.15) is 4.98 Å². The predicted molar refractivity (Wildman–Crippen MR) is 138 cm³/mol. The van der Waals surface area contributed by atoms with Crippen LogP contribution in [-0.4, -0.2) is 33.7 Å². The molecule has 1 aliphatic carbocycles. The zero-order chi connectivity index (χ0) is 25.5. The molecule has 8 nitrogen and oxygen atoms in total. The first-order valence-corrected chi connectivity index (χ1v) is 13.5. The first-order chi connectivity index (χ1) is 17.2.